The molecule has 100 valence electrons. The smallest absolute Gasteiger partial charge is 0.236 e. The molecule has 2 aromatic heterocycles. The Labute approximate surface area is 121 Å². The summed E-state index contributed by atoms with van der Waals surface area (Å²) in [6, 6.07) is 0. The molecule has 0 aliphatic heterocycles. The van der Waals surface area contributed by atoms with Gasteiger partial charge in [0.2, 0.25) is 11.8 Å². The molecule has 0 amide bonds. The van der Waals surface area contributed by atoms with Crippen molar-refractivity contribution in [3.63, 3.8) is 0 Å². The lowest BCUT2D eigenvalue weighted by Crippen LogP contribution is -1.81. The van der Waals surface area contributed by atoms with E-state index >= 15 is 0 Å². The van der Waals surface area contributed by atoms with Crippen molar-refractivity contribution in [1.29, 1.82) is 0 Å². The molecule has 4 N–H and O–H groups in total. The first-order valence-electron chi connectivity index (χ1n) is 5.30. The standard InChI is InChI=1S/2C5H7BrN2O/c2*1-2-3-4(6)5(7)9-8-3/h2*2,7H2,1H3. The summed E-state index contributed by atoms with van der Waals surface area (Å²) in [6.45, 7) is 3.98. The zero-order valence-corrected chi connectivity index (χ0v) is 13.2. The molecule has 0 spiro atoms. The van der Waals surface area contributed by atoms with E-state index < -0.39 is 0 Å². The SMILES string of the molecule is CCc1noc(N)c1Br.CCc1noc(N)c1Br. The van der Waals surface area contributed by atoms with Crippen LogP contribution in [0.4, 0.5) is 11.8 Å². The Morgan fingerprint density at radius 1 is 0.889 bits per heavy atom. The highest BCUT2D eigenvalue weighted by molar-refractivity contribution is 9.11. The van der Waals surface area contributed by atoms with Crippen LogP contribution in [-0.2, 0) is 12.8 Å². The van der Waals surface area contributed by atoms with E-state index in [1.807, 2.05) is 13.8 Å². The summed E-state index contributed by atoms with van der Waals surface area (Å²) in [6.07, 6.45) is 1.67. The van der Waals surface area contributed by atoms with Crippen LogP contribution >= 0.6 is 31.9 Å². The van der Waals surface area contributed by atoms with E-state index in [1.165, 1.54) is 0 Å². The number of hydrogen-bond acceptors (Lipinski definition) is 6. The van der Waals surface area contributed by atoms with Gasteiger partial charge in [0.25, 0.3) is 0 Å². The van der Waals surface area contributed by atoms with Crippen LogP contribution in [0.2, 0.25) is 0 Å². The van der Waals surface area contributed by atoms with Gasteiger partial charge in [-0.05, 0) is 44.7 Å². The van der Waals surface area contributed by atoms with Gasteiger partial charge in [0.15, 0.2) is 0 Å². The quantitative estimate of drug-likeness (QED) is 0.827. The lowest BCUT2D eigenvalue weighted by atomic mass is 10.3. The predicted octanol–water partition coefficient (Wildman–Crippen LogP) is 3.16. The van der Waals surface area contributed by atoms with E-state index in [2.05, 4.69) is 51.2 Å². The first-order chi connectivity index (χ1) is 8.51. The van der Waals surface area contributed by atoms with Crippen LogP contribution in [0.3, 0.4) is 0 Å². The fourth-order valence-corrected chi connectivity index (χ4v) is 1.94. The van der Waals surface area contributed by atoms with Crippen molar-refractivity contribution >= 4 is 43.6 Å². The average molecular weight is 382 g/mol. The third kappa shape index (κ3) is 3.49. The summed E-state index contributed by atoms with van der Waals surface area (Å²) in [5.41, 5.74) is 12.4. The molecule has 0 bridgehead atoms. The first kappa shape index (κ1) is 15.0. The van der Waals surface area contributed by atoms with Gasteiger partial charge in [0.1, 0.15) is 8.95 Å². The fourth-order valence-electron chi connectivity index (χ4n) is 1.09. The number of aryl methyl sites for hydroxylation is 2. The van der Waals surface area contributed by atoms with E-state index in [-0.39, 0.29) is 0 Å². The summed E-state index contributed by atoms with van der Waals surface area (Å²) in [5, 5.41) is 7.37. The van der Waals surface area contributed by atoms with Crippen molar-refractivity contribution in [2.24, 2.45) is 0 Å². The second-order valence-electron chi connectivity index (χ2n) is 3.32. The average Bonchev–Trinajstić information content (AvgIpc) is 2.86. The van der Waals surface area contributed by atoms with E-state index in [9.17, 15) is 0 Å². The molecule has 8 heteroatoms. The van der Waals surface area contributed by atoms with Crippen molar-refractivity contribution in [1.82, 2.24) is 10.3 Å². The van der Waals surface area contributed by atoms with E-state index in [4.69, 9.17) is 11.5 Å². The summed E-state index contributed by atoms with van der Waals surface area (Å²) >= 11 is 6.46. The molecule has 0 aromatic carbocycles. The number of nitrogens with two attached hydrogens (primary N) is 2. The number of anilines is 2. The highest BCUT2D eigenvalue weighted by Gasteiger charge is 2.07. The number of aromatic nitrogens is 2. The third-order valence-electron chi connectivity index (χ3n) is 2.12. The maximum absolute atomic E-state index is 5.34. The Kier molecular flexibility index (Phi) is 5.67. The minimum Gasteiger partial charge on any atom is -0.367 e. The van der Waals surface area contributed by atoms with Gasteiger partial charge >= 0.3 is 0 Å². The Hall–Kier alpha value is -1.02. The summed E-state index contributed by atoms with van der Waals surface area (Å²) in [5.74, 6) is 0.707. The molecule has 0 unspecified atom stereocenters. The van der Waals surface area contributed by atoms with Crippen molar-refractivity contribution < 1.29 is 9.05 Å². The zero-order chi connectivity index (χ0) is 13.7. The number of hydrogen-bond donors (Lipinski definition) is 2. The van der Waals surface area contributed by atoms with E-state index in [0.717, 1.165) is 33.2 Å². The molecule has 0 atom stereocenters. The predicted molar refractivity (Wildman–Crippen MR) is 76.0 cm³/mol. The fraction of sp³-hybridized carbons (Fsp3) is 0.400. The molecular weight excluding hydrogens is 368 g/mol. The minimum absolute atomic E-state index is 0.354. The summed E-state index contributed by atoms with van der Waals surface area (Å²) in [4.78, 5) is 0. The largest absolute Gasteiger partial charge is 0.367 e. The first-order valence-corrected chi connectivity index (χ1v) is 6.88. The molecular formula is C10H14Br2N4O2. The Bertz CT molecular complexity index is 464. The second kappa shape index (κ2) is 6.79. The van der Waals surface area contributed by atoms with Crippen molar-refractivity contribution in [2.45, 2.75) is 26.7 Å². The van der Waals surface area contributed by atoms with Crippen LogP contribution in [0.25, 0.3) is 0 Å². The van der Waals surface area contributed by atoms with Crippen molar-refractivity contribution in [3.05, 3.63) is 20.3 Å². The van der Waals surface area contributed by atoms with Crippen LogP contribution in [0.15, 0.2) is 18.0 Å². The highest BCUT2D eigenvalue weighted by Crippen LogP contribution is 2.23. The van der Waals surface area contributed by atoms with Crippen LogP contribution < -0.4 is 11.5 Å². The van der Waals surface area contributed by atoms with Gasteiger partial charge < -0.3 is 20.5 Å². The van der Waals surface area contributed by atoms with Crippen molar-refractivity contribution in [2.75, 3.05) is 11.5 Å². The Morgan fingerprint density at radius 3 is 1.33 bits per heavy atom. The van der Waals surface area contributed by atoms with Crippen molar-refractivity contribution in [3.8, 4) is 0 Å². The minimum atomic E-state index is 0.354. The van der Waals surface area contributed by atoms with Crippen LogP contribution in [0.1, 0.15) is 25.2 Å². The number of nitrogen functional groups attached to an aromatic ring is 2. The molecule has 18 heavy (non-hydrogen) atoms. The van der Waals surface area contributed by atoms with Crippen LogP contribution in [0, 0.1) is 0 Å². The molecule has 0 aliphatic carbocycles. The molecule has 6 nitrogen and oxygen atoms in total. The van der Waals surface area contributed by atoms with Gasteiger partial charge in [0, 0.05) is 0 Å². The van der Waals surface area contributed by atoms with Gasteiger partial charge in [-0.2, -0.15) is 0 Å². The molecule has 2 heterocycles. The maximum atomic E-state index is 5.34. The molecule has 2 rings (SSSR count). The van der Waals surface area contributed by atoms with Crippen LogP contribution in [-0.4, -0.2) is 10.3 Å². The summed E-state index contributed by atoms with van der Waals surface area (Å²) < 4.78 is 10.9. The van der Waals surface area contributed by atoms with Gasteiger partial charge in [-0.15, -0.1) is 0 Å². The van der Waals surface area contributed by atoms with Gasteiger partial charge in [0.05, 0.1) is 11.4 Å². The second-order valence-corrected chi connectivity index (χ2v) is 4.91. The Morgan fingerprint density at radius 2 is 1.22 bits per heavy atom. The maximum Gasteiger partial charge on any atom is 0.236 e. The van der Waals surface area contributed by atoms with E-state index in [0.29, 0.717) is 11.8 Å². The number of halogens is 2. The molecule has 0 fully saturated rings. The monoisotopic (exact) mass is 380 g/mol. The van der Waals surface area contributed by atoms with E-state index in [1.54, 1.807) is 0 Å². The van der Waals surface area contributed by atoms with Gasteiger partial charge in [-0.1, -0.05) is 24.2 Å². The Balaban J connectivity index is 0.000000180. The molecule has 0 saturated heterocycles. The van der Waals surface area contributed by atoms with Crippen LogP contribution in [0.5, 0.6) is 0 Å². The third-order valence-corrected chi connectivity index (χ3v) is 3.81. The highest BCUT2D eigenvalue weighted by atomic mass is 79.9. The molecule has 0 aliphatic rings. The normalized spacial score (nSPS) is 10.0. The number of rotatable bonds is 2. The molecule has 0 radical (unpaired) electrons. The zero-order valence-electron chi connectivity index (χ0n) is 10.0. The number of nitrogens with zero attached hydrogens (tertiary/aromatic N) is 2. The van der Waals surface area contributed by atoms with Gasteiger partial charge in [-0.3, -0.25) is 0 Å². The summed E-state index contributed by atoms with van der Waals surface area (Å²) in [7, 11) is 0. The molecule has 0 saturated carbocycles. The topological polar surface area (TPSA) is 104 Å². The molecule has 2 aromatic rings. The van der Waals surface area contributed by atoms with Gasteiger partial charge in [-0.25, -0.2) is 0 Å². The lowest BCUT2D eigenvalue weighted by Gasteiger charge is -1.83. The lowest BCUT2D eigenvalue weighted by molar-refractivity contribution is 0.428.